The predicted molar refractivity (Wildman–Crippen MR) is 121 cm³/mol. The number of aryl methyl sites for hydroxylation is 3. The molecule has 1 aliphatic carbocycles. The summed E-state index contributed by atoms with van der Waals surface area (Å²) in [7, 11) is 2.17. The van der Waals surface area contributed by atoms with Crippen LogP contribution in [0.1, 0.15) is 42.5 Å². The molecule has 1 aliphatic heterocycles. The molecule has 0 unspecified atom stereocenters. The third-order valence-electron chi connectivity index (χ3n) is 6.34. The lowest BCUT2D eigenvalue weighted by atomic mass is 9.97. The zero-order valence-corrected chi connectivity index (χ0v) is 18.8. The number of nitrogens with zero attached hydrogens (tertiary/aromatic N) is 4. The van der Waals surface area contributed by atoms with Gasteiger partial charge in [0.15, 0.2) is 0 Å². The fourth-order valence-corrected chi connectivity index (χ4v) is 5.63. The minimum Gasteiger partial charge on any atom is -0.356 e. The molecule has 2 aromatic rings. The van der Waals surface area contributed by atoms with Crippen molar-refractivity contribution in [2.45, 2.75) is 51.5 Å². The largest absolute Gasteiger partial charge is 0.356 e. The van der Waals surface area contributed by atoms with E-state index in [4.69, 9.17) is 0 Å². The van der Waals surface area contributed by atoms with E-state index in [1.165, 1.54) is 16.9 Å². The second kappa shape index (κ2) is 10.0. The average Bonchev–Trinajstić information content (AvgIpc) is 3.14. The molecule has 0 saturated carbocycles. The Bertz CT molecular complexity index is 929. The van der Waals surface area contributed by atoms with Gasteiger partial charge in [-0.05, 0) is 57.7 Å². The first-order chi connectivity index (χ1) is 14.6. The van der Waals surface area contributed by atoms with E-state index in [2.05, 4.69) is 27.1 Å². The standard InChI is InChI=1S/C22H33N5O2S/c1-25-12-14-26(15-13-25)10-5-4-9-23-19(28)8-11-27-16-24-21-20(22(27)29)17-6-2-3-7-18(17)30-21/h16H,2-15H2,1H3,(H,23,28). The van der Waals surface area contributed by atoms with Crippen LogP contribution in [-0.4, -0.2) is 71.6 Å². The third kappa shape index (κ3) is 5.10. The zero-order chi connectivity index (χ0) is 20.9. The van der Waals surface area contributed by atoms with Crippen LogP contribution in [0, 0.1) is 0 Å². The fourth-order valence-electron chi connectivity index (χ4n) is 4.41. The SMILES string of the molecule is CN1CCN(CCCCNC(=O)CCn2cnc3sc4c(c3c2=O)CCCC4)CC1. The van der Waals surface area contributed by atoms with Crippen molar-refractivity contribution in [1.82, 2.24) is 24.7 Å². The van der Waals surface area contributed by atoms with Crippen LogP contribution in [0.15, 0.2) is 11.1 Å². The van der Waals surface area contributed by atoms with Gasteiger partial charge in [-0.25, -0.2) is 4.98 Å². The number of piperazine rings is 1. The Morgan fingerprint density at radius 2 is 1.93 bits per heavy atom. The number of carbonyl (C=O) groups is 1. The summed E-state index contributed by atoms with van der Waals surface area (Å²) in [6.45, 7) is 6.77. The first kappa shape index (κ1) is 21.5. The molecule has 0 aromatic carbocycles. The Balaban J connectivity index is 1.21. The molecule has 7 nitrogen and oxygen atoms in total. The third-order valence-corrected chi connectivity index (χ3v) is 7.54. The lowest BCUT2D eigenvalue weighted by Crippen LogP contribution is -2.44. The van der Waals surface area contributed by atoms with E-state index in [9.17, 15) is 9.59 Å². The van der Waals surface area contributed by atoms with Crippen LogP contribution in [0.4, 0.5) is 0 Å². The van der Waals surface area contributed by atoms with Gasteiger partial charge in [-0.3, -0.25) is 14.2 Å². The molecule has 1 amide bonds. The normalized spacial score (nSPS) is 17.9. The zero-order valence-electron chi connectivity index (χ0n) is 18.0. The van der Waals surface area contributed by atoms with Crippen LogP contribution in [-0.2, 0) is 24.2 Å². The second-order valence-electron chi connectivity index (χ2n) is 8.59. The summed E-state index contributed by atoms with van der Waals surface area (Å²) in [6.07, 6.45) is 8.40. The fraction of sp³-hybridized carbons (Fsp3) is 0.682. The van der Waals surface area contributed by atoms with Crippen molar-refractivity contribution in [2.75, 3.05) is 46.3 Å². The average molecular weight is 432 g/mol. The van der Waals surface area contributed by atoms with Gasteiger partial charge in [0.2, 0.25) is 5.91 Å². The van der Waals surface area contributed by atoms with Crippen LogP contribution in [0.3, 0.4) is 0 Å². The van der Waals surface area contributed by atoms with Crippen molar-refractivity contribution in [3.05, 3.63) is 27.1 Å². The first-order valence-corrected chi connectivity index (χ1v) is 12.1. The molecule has 1 saturated heterocycles. The number of hydrogen-bond acceptors (Lipinski definition) is 6. The van der Waals surface area contributed by atoms with Gasteiger partial charge in [-0.1, -0.05) is 0 Å². The van der Waals surface area contributed by atoms with E-state index >= 15 is 0 Å². The smallest absolute Gasteiger partial charge is 0.262 e. The molecular formula is C22H33N5O2S. The number of rotatable bonds is 8. The summed E-state index contributed by atoms with van der Waals surface area (Å²) in [6, 6.07) is 0. The highest BCUT2D eigenvalue weighted by molar-refractivity contribution is 7.18. The Morgan fingerprint density at radius 3 is 2.77 bits per heavy atom. The Morgan fingerprint density at radius 1 is 1.13 bits per heavy atom. The number of aromatic nitrogens is 2. The van der Waals surface area contributed by atoms with Gasteiger partial charge in [0.1, 0.15) is 4.83 Å². The quantitative estimate of drug-likeness (QED) is 0.646. The molecule has 164 valence electrons. The Kier molecular flexibility index (Phi) is 7.17. The van der Waals surface area contributed by atoms with Crippen molar-refractivity contribution >= 4 is 27.5 Å². The van der Waals surface area contributed by atoms with Gasteiger partial charge < -0.3 is 15.1 Å². The number of unbranched alkanes of at least 4 members (excludes halogenated alkanes) is 1. The van der Waals surface area contributed by atoms with Crippen LogP contribution < -0.4 is 10.9 Å². The number of amides is 1. The number of carbonyl (C=O) groups excluding carboxylic acids is 1. The maximum atomic E-state index is 12.9. The number of hydrogen-bond donors (Lipinski definition) is 1. The minimum absolute atomic E-state index is 0.00828. The lowest BCUT2D eigenvalue weighted by Gasteiger charge is -2.32. The molecule has 0 atom stereocenters. The van der Waals surface area contributed by atoms with Gasteiger partial charge in [0.05, 0.1) is 11.7 Å². The van der Waals surface area contributed by atoms with Crippen LogP contribution in [0.2, 0.25) is 0 Å². The summed E-state index contributed by atoms with van der Waals surface area (Å²) in [4.78, 5) is 36.7. The summed E-state index contributed by atoms with van der Waals surface area (Å²) in [5.74, 6) is 0.00828. The van der Waals surface area contributed by atoms with E-state index in [1.54, 1.807) is 22.2 Å². The summed E-state index contributed by atoms with van der Waals surface area (Å²) in [5, 5.41) is 3.79. The van der Waals surface area contributed by atoms with Crippen LogP contribution >= 0.6 is 11.3 Å². The van der Waals surface area contributed by atoms with E-state index in [1.807, 2.05) is 0 Å². The van der Waals surface area contributed by atoms with Crippen LogP contribution in [0.25, 0.3) is 10.2 Å². The van der Waals surface area contributed by atoms with Gasteiger partial charge in [-0.2, -0.15) is 0 Å². The molecule has 3 heterocycles. The molecule has 0 bridgehead atoms. The summed E-state index contributed by atoms with van der Waals surface area (Å²) >= 11 is 1.66. The molecule has 1 N–H and O–H groups in total. The molecular weight excluding hydrogens is 398 g/mol. The highest BCUT2D eigenvalue weighted by Gasteiger charge is 2.20. The first-order valence-electron chi connectivity index (χ1n) is 11.3. The van der Waals surface area contributed by atoms with Gasteiger partial charge in [0.25, 0.3) is 5.56 Å². The van der Waals surface area contributed by atoms with Gasteiger partial charge in [-0.15, -0.1) is 11.3 Å². The van der Waals surface area contributed by atoms with Crippen molar-refractivity contribution in [1.29, 1.82) is 0 Å². The Hall–Kier alpha value is -1.77. The predicted octanol–water partition coefficient (Wildman–Crippen LogP) is 1.87. The van der Waals surface area contributed by atoms with E-state index in [0.717, 1.165) is 75.0 Å². The van der Waals surface area contributed by atoms with E-state index < -0.39 is 0 Å². The monoisotopic (exact) mass is 431 g/mol. The maximum absolute atomic E-state index is 12.9. The van der Waals surface area contributed by atoms with Crippen LogP contribution in [0.5, 0.6) is 0 Å². The second-order valence-corrected chi connectivity index (χ2v) is 9.67. The Labute approximate surface area is 182 Å². The summed E-state index contributed by atoms with van der Waals surface area (Å²) in [5.41, 5.74) is 1.22. The molecule has 2 aromatic heterocycles. The highest BCUT2D eigenvalue weighted by Crippen LogP contribution is 2.33. The van der Waals surface area contributed by atoms with E-state index in [0.29, 0.717) is 19.5 Å². The molecule has 0 radical (unpaired) electrons. The highest BCUT2D eigenvalue weighted by atomic mass is 32.1. The van der Waals surface area contributed by atoms with Crippen molar-refractivity contribution in [3.63, 3.8) is 0 Å². The van der Waals surface area contributed by atoms with E-state index in [-0.39, 0.29) is 11.5 Å². The topological polar surface area (TPSA) is 70.5 Å². The summed E-state index contributed by atoms with van der Waals surface area (Å²) < 4.78 is 1.61. The molecule has 8 heteroatoms. The van der Waals surface area contributed by atoms with Crippen molar-refractivity contribution in [2.24, 2.45) is 0 Å². The van der Waals surface area contributed by atoms with Crippen molar-refractivity contribution in [3.8, 4) is 0 Å². The van der Waals surface area contributed by atoms with Crippen molar-refractivity contribution < 1.29 is 4.79 Å². The maximum Gasteiger partial charge on any atom is 0.262 e. The molecule has 0 spiro atoms. The number of likely N-dealkylation sites (N-methyl/N-ethyl adjacent to an activating group) is 1. The number of fused-ring (bicyclic) bond motifs is 3. The minimum atomic E-state index is 0.00828. The molecule has 1 fully saturated rings. The molecule has 4 rings (SSSR count). The van der Waals surface area contributed by atoms with Gasteiger partial charge >= 0.3 is 0 Å². The number of nitrogens with one attached hydrogen (secondary N) is 1. The molecule has 2 aliphatic rings. The number of thiophene rings is 1. The molecule has 30 heavy (non-hydrogen) atoms. The van der Waals surface area contributed by atoms with Gasteiger partial charge in [0, 0.05) is 50.6 Å². The lowest BCUT2D eigenvalue weighted by molar-refractivity contribution is -0.121.